The molecule has 7 heteroatoms. The van der Waals surface area contributed by atoms with Crippen LogP contribution in [0.2, 0.25) is 0 Å². The summed E-state index contributed by atoms with van der Waals surface area (Å²) in [6.45, 7) is 12.3. The van der Waals surface area contributed by atoms with Crippen LogP contribution in [0.5, 0.6) is 5.75 Å². The predicted octanol–water partition coefficient (Wildman–Crippen LogP) is 4.90. The zero-order valence-corrected chi connectivity index (χ0v) is 20.8. The fraction of sp³-hybridized carbons (Fsp3) is 0.545. The quantitative estimate of drug-likeness (QED) is 0.216. The molecule has 1 heterocycles. The molecule has 0 aliphatic heterocycles. The van der Waals surface area contributed by atoms with Crippen molar-refractivity contribution in [1.29, 1.82) is 0 Å². The second kappa shape index (κ2) is 12.7. The van der Waals surface area contributed by atoms with Crippen LogP contribution in [-0.2, 0) is 13.1 Å². The Morgan fingerprint density at radius 3 is 2.52 bits per heavy atom. The number of guanidine groups is 1. The minimum atomic E-state index is 0. The van der Waals surface area contributed by atoms with E-state index in [2.05, 4.69) is 59.6 Å². The molecule has 1 aromatic carbocycles. The number of aryl methyl sites for hydroxylation is 3. The lowest BCUT2D eigenvalue weighted by Gasteiger charge is -2.15. The van der Waals surface area contributed by atoms with Crippen molar-refractivity contribution in [2.75, 3.05) is 13.7 Å². The average molecular weight is 514 g/mol. The normalized spacial score (nSPS) is 11.3. The summed E-state index contributed by atoms with van der Waals surface area (Å²) in [5.41, 5.74) is 3.22. The molecule has 1 aromatic heterocycles. The van der Waals surface area contributed by atoms with Crippen LogP contribution in [0.3, 0.4) is 0 Å². The number of nitrogens with one attached hydrogen (secondary N) is 2. The second-order valence-electron chi connectivity index (χ2n) is 7.52. The van der Waals surface area contributed by atoms with Crippen molar-refractivity contribution in [1.82, 2.24) is 15.6 Å². The Labute approximate surface area is 191 Å². The molecule has 2 aromatic rings. The van der Waals surface area contributed by atoms with Crippen molar-refractivity contribution in [3.63, 3.8) is 0 Å². The van der Waals surface area contributed by atoms with E-state index in [1.165, 1.54) is 12.0 Å². The van der Waals surface area contributed by atoms with E-state index in [-0.39, 0.29) is 24.0 Å². The van der Waals surface area contributed by atoms with Gasteiger partial charge in [-0.1, -0.05) is 26.0 Å². The van der Waals surface area contributed by atoms with E-state index in [1.807, 2.05) is 13.8 Å². The van der Waals surface area contributed by atoms with Gasteiger partial charge in [0, 0.05) is 19.2 Å². The first-order valence-corrected chi connectivity index (χ1v) is 9.98. The summed E-state index contributed by atoms with van der Waals surface area (Å²) >= 11 is 0. The summed E-state index contributed by atoms with van der Waals surface area (Å²) in [7, 11) is 1.75. The smallest absolute Gasteiger partial charge is 0.214 e. The van der Waals surface area contributed by atoms with Gasteiger partial charge in [-0.05, 0) is 51.2 Å². The van der Waals surface area contributed by atoms with Crippen LogP contribution in [-0.4, -0.2) is 24.6 Å². The monoisotopic (exact) mass is 514 g/mol. The summed E-state index contributed by atoms with van der Waals surface area (Å²) in [6, 6.07) is 6.31. The van der Waals surface area contributed by atoms with Gasteiger partial charge in [0.2, 0.25) is 5.89 Å². The first-order valence-electron chi connectivity index (χ1n) is 9.98. The molecule has 0 aliphatic carbocycles. The molecule has 29 heavy (non-hydrogen) atoms. The summed E-state index contributed by atoms with van der Waals surface area (Å²) in [6.07, 6.45) is 2.24. The third kappa shape index (κ3) is 8.64. The van der Waals surface area contributed by atoms with Gasteiger partial charge in [0.15, 0.2) is 5.96 Å². The Morgan fingerprint density at radius 2 is 1.90 bits per heavy atom. The Morgan fingerprint density at radius 1 is 1.17 bits per heavy atom. The molecule has 0 saturated carbocycles. The SMILES string of the molecule is CN=C(NCc1nc(C)c(C)o1)NCc1ccc(C)cc1OCCCC(C)C.I. The van der Waals surface area contributed by atoms with Crippen LogP contribution in [0.1, 0.15) is 55.2 Å². The van der Waals surface area contributed by atoms with Gasteiger partial charge in [-0.15, -0.1) is 24.0 Å². The summed E-state index contributed by atoms with van der Waals surface area (Å²) in [5.74, 6) is 3.83. The van der Waals surface area contributed by atoms with Crippen LogP contribution in [0.25, 0.3) is 0 Å². The van der Waals surface area contributed by atoms with Crippen LogP contribution in [0, 0.1) is 26.7 Å². The van der Waals surface area contributed by atoms with Gasteiger partial charge < -0.3 is 19.8 Å². The van der Waals surface area contributed by atoms with Crippen LogP contribution in [0.4, 0.5) is 0 Å². The van der Waals surface area contributed by atoms with Crippen LogP contribution < -0.4 is 15.4 Å². The van der Waals surface area contributed by atoms with E-state index < -0.39 is 0 Å². The second-order valence-corrected chi connectivity index (χ2v) is 7.52. The first kappa shape index (κ1) is 25.3. The van der Waals surface area contributed by atoms with Crippen molar-refractivity contribution < 1.29 is 9.15 Å². The average Bonchev–Trinajstić information content (AvgIpc) is 2.97. The minimum absolute atomic E-state index is 0. The Kier molecular flexibility index (Phi) is 11.1. The van der Waals surface area contributed by atoms with E-state index in [0.29, 0.717) is 30.9 Å². The lowest BCUT2D eigenvalue weighted by molar-refractivity contribution is 0.294. The van der Waals surface area contributed by atoms with Crippen molar-refractivity contribution in [3.05, 3.63) is 46.7 Å². The molecule has 0 spiro atoms. The van der Waals surface area contributed by atoms with E-state index >= 15 is 0 Å². The number of aliphatic imine (C=N–C) groups is 1. The number of ether oxygens (including phenoxy) is 1. The number of halogens is 1. The lowest BCUT2D eigenvalue weighted by atomic mass is 10.1. The molecular formula is C22H35IN4O2. The van der Waals surface area contributed by atoms with Gasteiger partial charge >= 0.3 is 0 Å². The molecule has 162 valence electrons. The zero-order chi connectivity index (χ0) is 20.5. The standard InChI is InChI=1S/C22H34N4O2.HI/c1-15(2)8-7-11-27-20-12-16(3)9-10-19(20)13-24-22(23-6)25-14-21-26-17(4)18(5)28-21;/h9-10,12,15H,7-8,11,13-14H2,1-6H3,(H2,23,24,25);1H. The van der Waals surface area contributed by atoms with Crippen LogP contribution >= 0.6 is 24.0 Å². The number of aromatic nitrogens is 1. The maximum atomic E-state index is 6.05. The molecule has 0 atom stereocenters. The maximum absolute atomic E-state index is 6.05. The third-order valence-electron chi connectivity index (χ3n) is 4.56. The molecule has 0 radical (unpaired) electrons. The van der Waals surface area contributed by atoms with E-state index in [4.69, 9.17) is 9.15 Å². The van der Waals surface area contributed by atoms with Gasteiger partial charge in [0.1, 0.15) is 11.5 Å². The third-order valence-corrected chi connectivity index (χ3v) is 4.56. The van der Waals surface area contributed by atoms with Crippen LogP contribution in [0.15, 0.2) is 27.6 Å². The molecule has 6 nitrogen and oxygen atoms in total. The summed E-state index contributed by atoms with van der Waals surface area (Å²) in [4.78, 5) is 8.65. The van der Waals surface area contributed by atoms with Gasteiger partial charge in [0.05, 0.1) is 18.8 Å². The Hall–Kier alpha value is -1.77. The molecular weight excluding hydrogens is 479 g/mol. The van der Waals surface area contributed by atoms with Gasteiger partial charge in [-0.25, -0.2) is 4.98 Å². The highest BCUT2D eigenvalue weighted by Crippen LogP contribution is 2.21. The van der Waals surface area contributed by atoms with Crippen molar-refractivity contribution in [3.8, 4) is 5.75 Å². The summed E-state index contributed by atoms with van der Waals surface area (Å²) in [5, 5.41) is 6.57. The highest BCUT2D eigenvalue weighted by Gasteiger charge is 2.09. The topological polar surface area (TPSA) is 71.7 Å². The van der Waals surface area contributed by atoms with Crippen molar-refractivity contribution in [2.45, 2.75) is 60.5 Å². The molecule has 0 unspecified atom stereocenters. The fourth-order valence-corrected chi connectivity index (χ4v) is 2.79. The highest BCUT2D eigenvalue weighted by molar-refractivity contribution is 14.0. The molecule has 0 aliphatic rings. The van der Waals surface area contributed by atoms with Gasteiger partial charge in [-0.2, -0.15) is 0 Å². The number of nitrogens with zero attached hydrogens (tertiary/aromatic N) is 2. The highest BCUT2D eigenvalue weighted by atomic mass is 127. The zero-order valence-electron chi connectivity index (χ0n) is 18.5. The number of benzene rings is 1. The molecule has 2 rings (SSSR count). The Balaban J connectivity index is 0.00000420. The molecule has 0 bridgehead atoms. The van der Waals surface area contributed by atoms with E-state index in [9.17, 15) is 0 Å². The minimum Gasteiger partial charge on any atom is -0.493 e. The molecule has 0 amide bonds. The molecule has 2 N–H and O–H groups in total. The maximum Gasteiger partial charge on any atom is 0.214 e. The summed E-state index contributed by atoms with van der Waals surface area (Å²) < 4.78 is 11.7. The van der Waals surface area contributed by atoms with Gasteiger partial charge in [0.25, 0.3) is 0 Å². The van der Waals surface area contributed by atoms with Crippen molar-refractivity contribution in [2.24, 2.45) is 10.9 Å². The van der Waals surface area contributed by atoms with Crippen molar-refractivity contribution >= 4 is 29.9 Å². The van der Waals surface area contributed by atoms with Gasteiger partial charge in [-0.3, -0.25) is 4.99 Å². The van der Waals surface area contributed by atoms with E-state index in [0.717, 1.165) is 35.8 Å². The van der Waals surface area contributed by atoms with E-state index in [1.54, 1.807) is 7.05 Å². The first-order chi connectivity index (χ1) is 13.4. The number of rotatable bonds is 9. The molecule has 0 fully saturated rings. The number of oxazole rings is 1. The predicted molar refractivity (Wildman–Crippen MR) is 129 cm³/mol. The Bertz CT molecular complexity index is 768. The largest absolute Gasteiger partial charge is 0.493 e. The number of hydrogen-bond donors (Lipinski definition) is 2. The lowest BCUT2D eigenvalue weighted by Crippen LogP contribution is -2.36. The fourth-order valence-electron chi connectivity index (χ4n) is 2.79. The number of hydrogen-bond acceptors (Lipinski definition) is 4. The molecule has 0 saturated heterocycles.